The van der Waals surface area contributed by atoms with Crippen LogP contribution in [0.2, 0.25) is 0 Å². The molecule has 0 N–H and O–H groups in total. The minimum absolute atomic E-state index is 0.970. The Hall–Kier alpha value is -2.28. The number of ether oxygens (including phenoxy) is 1. The van der Waals surface area contributed by atoms with Crippen molar-refractivity contribution in [1.29, 1.82) is 0 Å². The van der Waals surface area contributed by atoms with Crippen LogP contribution < -0.4 is 4.74 Å². The first-order valence-corrected chi connectivity index (χ1v) is 7.82. The van der Waals surface area contributed by atoms with Gasteiger partial charge in [0.2, 0.25) is 0 Å². The Kier molecular flexibility index (Phi) is 4.15. The van der Waals surface area contributed by atoms with Crippen LogP contribution in [0.25, 0.3) is 16.7 Å². The van der Waals surface area contributed by atoms with Crippen molar-refractivity contribution < 1.29 is 4.74 Å². The van der Waals surface area contributed by atoms with Crippen molar-refractivity contribution in [2.24, 2.45) is 0 Å². The zero-order valence-electron chi connectivity index (χ0n) is 13.5. The molecule has 1 aliphatic carbocycles. The maximum atomic E-state index is 5.82. The van der Waals surface area contributed by atoms with Crippen LogP contribution in [0.5, 0.6) is 5.75 Å². The first kappa shape index (κ1) is 14.6. The van der Waals surface area contributed by atoms with E-state index in [0.717, 1.165) is 24.2 Å². The number of rotatable bonds is 3. The Morgan fingerprint density at radius 3 is 2.32 bits per heavy atom. The molecule has 0 bridgehead atoms. The van der Waals surface area contributed by atoms with Crippen molar-refractivity contribution in [3.05, 3.63) is 71.3 Å². The van der Waals surface area contributed by atoms with E-state index in [0.29, 0.717) is 0 Å². The van der Waals surface area contributed by atoms with Gasteiger partial charge in [0.25, 0.3) is 0 Å². The smallest absolute Gasteiger partial charge is 0.134 e. The summed E-state index contributed by atoms with van der Waals surface area (Å²) in [5.41, 5.74) is 7.59. The summed E-state index contributed by atoms with van der Waals surface area (Å²) in [6.07, 6.45) is 6.75. The second-order valence-corrected chi connectivity index (χ2v) is 5.84. The summed E-state index contributed by atoms with van der Waals surface area (Å²) >= 11 is 0. The fourth-order valence-electron chi connectivity index (χ4n) is 3.15. The molecule has 112 valence electrons. The third kappa shape index (κ3) is 2.59. The van der Waals surface area contributed by atoms with Gasteiger partial charge in [-0.1, -0.05) is 60.2 Å². The van der Waals surface area contributed by atoms with Gasteiger partial charge in [-0.2, -0.15) is 0 Å². The van der Waals surface area contributed by atoms with Crippen LogP contribution in [0.3, 0.4) is 0 Å². The topological polar surface area (TPSA) is 9.23 Å². The summed E-state index contributed by atoms with van der Waals surface area (Å²) < 4.78 is 5.82. The number of hydrogen-bond donors (Lipinski definition) is 0. The third-order valence-corrected chi connectivity index (χ3v) is 4.37. The molecule has 0 fully saturated rings. The molecule has 1 aliphatic rings. The highest BCUT2D eigenvalue weighted by Crippen LogP contribution is 2.40. The van der Waals surface area contributed by atoms with Crippen molar-refractivity contribution in [1.82, 2.24) is 0 Å². The van der Waals surface area contributed by atoms with Crippen LogP contribution in [0, 0.1) is 6.92 Å². The maximum absolute atomic E-state index is 5.82. The normalized spacial score (nSPS) is 14.3. The SMILES string of the molecule is COc1c(C2=C(C)CCC=C2)cccc1-c1ccccc1C. The van der Waals surface area contributed by atoms with Crippen LogP contribution in [0.1, 0.15) is 30.9 Å². The van der Waals surface area contributed by atoms with E-state index < -0.39 is 0 Å². The molecule has 0 saturated heterocycles. The fraction of sp³-hybridized carbons (Fsp3) is 0.238. The summed E-state index contributed by atoms with van der Waals surface area (Å²) in [7, 11) is 1.77. The molecule has 0 saturated carbocycles. The molecule has 3 rings (SSSR count). The van der Waals surface area contributed by atoms with Gasteiger partial charge in [0, 0.05) is 11.1 Å². The highest BCUT2D eigenvalue weighted by molar-refractivity contribution is 5.86. The number of hydrogen-bond acceptors (Lipinski definition) is 1. The van der Waals surface area contributed by atoms with Crippen molar-refractivity contribution in [3.63, 3.8) is 0 Å². The van der Waals surface area contributed by atoms with Crippen molar-refractivity contribution in [3.8, 4) is 16.9 Å². The number of para-hydroxylation sites is 1. The molecule has 1 nitrogen and oxygen atoms in total. The Balaban J connectivity index is 2.21. The van der Waals surface area contributed by atoms with Gasteiger partial charge in [-0.3, -0.25) is 0 Å². The van der Waals surface area contributed by atoms with E-state index in [9.17, 15) is 0 Å². The standard InChI is InChI=1S/C21H22O/c1-15-9-4-6-11-17(15)19-13-8-14-20(21(19)22-3)18-12-7-5-10-16(18)2/h4,6-9,11-14H,5,10H2,1-3H3. The van der Waals surface area contributed by atoms with Crippen LogP contribution >= 0.6 is 0 Å². The van der Waals surface area contributed by atoms with Crippen molar-refractivity contribution >= 4 is 5.57 Å². The Labute approximate surface area is 133 Å². The first-order valence-electron chi connectivity index (χ1n) is 7.82. The summed E-state index contributed by atoms with van der Waals surface area (Å²) in [6, 6.07) is 14.9. The van der Waals surface area contributed by atoms with E-state index >= 15 is 0 Å². The average molecular weight is 290 g/mol. The van der Waals surface area contributed by atoms with Crippen molar-refractivity contribution in [2.45, 2.75) is 26.7 Å². The summed E-state index contributed by atoms with van der Waals surface area (Å²) in [5.74, 6) is 0.970. The second kappa shape index (κ2) is 6.23. The van der Waals surface area contributed by atoms with Gasteiger partial charge in [-0.25, -0.2) is 0 Å². The average Bonchev–Trinajstić information content (AvgIpc) is 2.55. The highest BCUT2D eigenvalue weighted by Gasteiger charge is 2.16. The largest absolute Gasteiger partial charge is 0.495 e. The van der Waals surface area contributed by atoms with Gasteiger partial charge in [0.1, 0.15) is 5.75 Å². The first-order chi connectivity index (χ1) is 10.7. The van der Waals surface area contributed by atoms with E-state index in [1.807, 2.05) is 0 Å². The number of aryl methyl sites for hydroxylation is 1. The van der Waals surface area contributed by atoms with Gasteiger partial charge in [0.15, 0.2) is 0 Å². The summed E-state index contributed by atoms with van der Waals surface area (Å²) in [6.45, 7) is 4.37. The molecule has 0 unspecified atom stereocenters. The highest BCUT2D eigenvalue weighted by atomic mass is 16.5. The number of methoxy groups -OCH3 is 1. The molecule has 0 radical (unpaired) electrons. The molecule has 0 aromatic heterocycles. The van der Waals surface area contributed by atoms with Gasteiger partial charge in [0.05, 0.1) is 7.11 Å². The van der Waals surface area contributed by atoms with Crippen LogP contribution in [-0.2, 0) is 0 Å². The second-order valence-electron chi connectivity index (χ2n) is 5.84. The predicted octanol–water partition coefficient (Wildman–Crippen LogP) is 5.79. The summed E-state index contributed by atoms with van der Waals surface area (Å²) in [5, 5.41) is 0. The van der Waals surface area contributed by atoms with Crippen LogP contribution in [0.15, 0.2) is 60.2 Å². The van der Waals surface area contributed by atoms with E-state index in [2.05, 4.69) is 68.5 Å². The zero-order chi connectivity index (χ0) is 15.5. The molecular formula is C21H22O. The Bertz CT molecular complexity index is 750. The number of benzene rings is 2. The lowest BCUT2D eigenvalue weighted by Crippen LogP contribution is -1.98. The lowest BCUT2D eigenvalue weighted by atomic mass is 9.89. The lowest BCUT2D eigenvalue weighted by molar-refractivity contribution is 0.415. The summed E-state index contributed by atoms with van der Waals surface area (Å²) in [4.78, 5) is 0. The zero-order valence-corrected chi connectivity index (χ0v) is 13.5. The number of allylic oxidation sites excluding steroid dienone is 4. The predicted molar refractivity (Wildman–Crippen MR) is 94.1 cm³/mol. The van der Waals surface area contributed by atoms with Gasteiger partial charge >= 0.3 is 0 Å². The molecule has 22 heavy (non-hydrogen) atoms. The van der Waals surface area contributed by atoms with Gasteiger partial charge in [-0.05, 0) is 43.4 Å². The van der Waals surface area contributed by atoms with Crippen LogP contribution in [0.4, 0.5) is 0 Å². The minimum atomic E-state index is 0.970. The molecule has 0 heterocycles. The Morgan fingerprint density at radius 2 is 1.59 bits per heavy atom. The fourth-order valence-corrected chi connectivity index (χ4v) is 3.15. The lowest BCUT2D eigenvalue weighted by Gasteiger charge is -2.19. The quantitative estimate of drug-likeness (QED) is 0.694. The van der Waals surface area contributed by atoms with E-state index in [1.54, 1.807) is 7.11 Å². The molecule has 1 heteroatoms. The van der Waals surface area contributed by atoms with Crippen molar-refractivity contribution in [2.75, 3.05) is 7.11 Å². The molecule has 2 aromatic rings. The van der Waals surface area contributed by atoms with E-state index in [4.69, 9.17) is 4.74 Å². The molecular weight excluding hydrogens is 268 g/mol. The van der Waals surface area contributed by atoms with E-state index in [1.165, 1.54) is 27.8 Å². The van der Waals surface area contributed by atoms with Crippen LogP contribution in [-0.4, -0.2) is 7.11 Å². The minimum Gasteiger partial charge on any atom is -0.495 e. The molecule has 0 amide bonds. The van der Waals surface area contributed by atoms with Gasteiger partial charge in [-0.15, -0.1) is 0 Å². The monoisotopic (exact) mass is 290 g/mol. The molecule has 2 aromatic carbocycles. The van der Waals surface area contributed by atoms with Gasteiger partial charge < -0.3 is 4.74 Å². The molecule has 0 spiro atoms. The maximum Gasteiger partial charge on any atom is 0.134 e. The molecule has 0 atom stereocenters. The molecule has 0 aliphatic heterocycles. The third-order valence-electron chi connectivity index (χ3n) is 4.37. The van der Waals surface area contributed by atoms with E-state index in [-0.39, 0.29) is 0 Å². The Morgan fingerprint density at radius 1 is 0.864 bits per heavy atom.